The third kappa shape index (κ3) is 3.47. The minimum Gasteiger partial charge on any atom is -0.494 e. The lowest BCUT2D eigenvalue weighted by molar-refractivity contribution is 0.103. The molecular weight excluding hydrogens is 332 g/mol. The number of rotatable bonds is 6. The maximum absolute atomic E-state index is 13.0. The quantitative estimate of drug-likeness (QED) is 0.803. The highest BCUT2D eigenvalue weighted by atomic mass is 16.5. The Morgan fingerprint density at radius 2 is 2.08 bits per heavy atom. The molecule has 0 radical (unpaired) electrons. The van der Waals surface area contributed by atoms with Gasteiger partial charge in [-0.05, 0) is 44.9 Å². The second-order valence-corrected chi connectivity index (χ2v) is 6.28. The Morgan fingerprint density at radius 1 is 1.38 bits per heavy atom. The standard InChI is InChI=1S/C20H22N2O4/c1-5-9-26-15-8-6-7-14(10-15)18(23)17-13(4)16(11-21)19(24)22(12(2)3)20(17)25/h6-8,10,12,25H,5,9H2,1-4H3. The van der Waals surface area contributed by atoms with E-state index in [4.69, 9.17) is 4.74 Å². The second-order valence-electron chi connectivity index (χ2n) is 6.28. The molecule has 6 nitrogen and oxygen atoms in total. The molecule has 0 amide bonds. The predicted octanol–water partition coefficient (Wildman–Crippen LogP) is 3.33. The van der Waals surface area contributed by atoms with Crippen LogP contribution in [0, 0.1) is 18.3 Å². The fourth-order valence-electron chi connectivity index (χ4n) is 2.76. The average molecular weight is 354 g/mol. The molecule has 1 aromatic heterocycles. The lowest BCUT2D eigenvalue weighted by Gasteiger charge is -2.18. The SMILES string of the molecule is CCCOc1cccc(C(=O)c2c(C)c(C#N)c(=O)n(C(C)C)c2O)c1. The maximum Gasteiger partial charge on any atom is 0.271 e. The molecule has 0 unspecified atom stereocenters. The number of carbonyl (C=O) groups is 1. The van der Waals surface area contributed by atoms with Gasteiger partial charge in [0.2, 0.25) is 5.88 Å². The summed E-state index contributed by atoms with van der Waals surface area (Å²) >= 11 is 0. The number of aromatic hydroxyl groups is 1. The number of aromatic nitrogens is 1. The number of hydrogen-bond acceptors (Lipinski definition) is 5. The smallest absolute Gasteiger partial charge is 0.271 e. The van der Waals surface area contributed by atoms with Gasteiger partial charge < -0.3 is 9.84 Å². The van der Waals surface area contributed by atoms with Crippen LogP contribution in [0.5, 0.6) is 11.6 Å². The first kappa shape index (κ1) is 19.3. The van der Waals surface area contributed by atoms with Gasteiger partial charge in [0.15, 0.2) is 5.78 Å². The van der Waals surface area contributed by atoms with E-state index in [0.717, 1.165) is 11.0 Å². The molecule has 2 aromatic rings. The summed E-state index contributed by atoms with van der Waals surface area (Å²) in [6.45, 7) is 7.40. The van der Waals surface area contributed by atoms with Crippen molar-refractivity contribution in [2.24, 2.45) is 0 Å². The van der Waals surface area contributed by atoms with Crippen LogP contribution in [0.4, 0.5) is 0 Å². The Bertz CT molecular complexity index is 936. The van der Waals surface area contributed by atoms with Crippen LogP contribution in [0.3, 0.4) is 0 Å². The highest BCUT2D eigenvalue weighted by Gasteiger charge is 2.26. The average Bonchev–Trinajstić information content (AvgIpc) is 2.60. The van der Waals surface area contributed by atoms with Gasteiger partial charge in [-0.3, -0.25) is 14.2 Å². The van der Waals surface area contributed by atoms with Gasteiger partial charge in [0.1, 0.15) is 17.4 Å². The Kier molecular flexibility index (Phi) is 5.83. The van der Waals surface area contributed by atoms with E-state index in [1.807, 2.05) is 13.0 Å². The van der Waals surface area contributed by atoms with E-state index in [0.29, 0.717) is 17.9 Å². The zero-order valence-electron chi connectivity index (χ0n) is 15.4. The first-order chi connectivity index (χ1) is 12.3. The van der Waals surface area contributed by atoms with E-state index in [9.17, 15) is 20.0 Å². The van der Waals surface area contributed by atoms with Gasteiger partial charge in [0.25, 0.3) is 5.56 Å². The molecule has 0 saturated heterocycles. The molecule has 136 valence electrons. The lowest BCUT2D eigenvalue weighted by Crippen LogP contribution is -2.28. The van der Waals surface area contributed by atoms with Crippen molar-refractivity contribution in [1.29, 1.82) is 5.26 Å². The Morgan fingerprint density at radius 3 is 2.65 bits per heavy atom. The van der Waals surface area contributed by atoms with Gasteiger partial charge in [-0.2, -0.15) is 5.26 Å². The van der Waals surface area contributed by atoms with Crippen LogP contribution in [0.2, 0.25) is 0 Å². The Balaban J connectivity index is 2.65. The van der Waals surface area contributed by atoms with Crippen molar-refractivity contribution in [2.45, 2.75) is 40.2 Å². The van der Waals surface area contributed by atoms with Crippen LogP contribution >= 0.6 is 0 Å². The van der Waals surface area contributed by atoms with Crippen molar-refractivity contribution in [2.75, 3.05) is 6.61 Å². The topological polar surface area (TPSA) is 92.3 Å². The Hall–Kier alpha value is -3.07. The minimum absolute atomic E-state index is 0.0394. The van der Waals surface area contributed by atoms with Gasteiger partial charge in [0, 0.05) is 11.6 Å². The molecule has 1 heterocycles. The molecule has 26 heavy (non-hydrogen) atoms. The van der Waals surface area contributed by atoms with Crippen molar-refractivity contribution in [1.82, 2.24) is 4.57 Å². The molecule has 1 aromatic carbocycles. The summed E-state index contributed by atoms with van der Waals surface area (Å²) in [5.74, 6) is -0.341. The zero-order chi connectivity index (χ0) is 19.4. The number of nitrogens with zero attached hydrogens (tertiary/aromatic N) is 2. The normalized spacial score (nSPS) is 10.6. The summed E-state index contributed by atoms with van der Waals surface area (Å²) in [5.41, 5.74) is -0.290. The fourth-order valence-corrected chi connectivity index (χ4v) is 2.76. The monoisotopic (exact) mass is 354 g/mol. The van der Waals surface area contributed by atoms with Crippen molar-refractivity contribution in [3.63, 3.8) is 0 Å². The first-order valence-electron chi connectivity index (χ1n) is 8.49. The van der Waals surface area contributed by atoms with Crippen molar-refractivity contribution < 1.29 is 14.6 Å². The summed E-state index contributed by atoms with van der Waals surface area (Å²) in [4.78, 5) is 25.4. The number of carbonyl (C=O) groups excluding carboxylic acids is 1. The second kappa shape index (κ2) is 7.87. The largest absolute Gasteiger partial charge is 0.494 e. The van der Waals surface area contributed by atoms with Gasteiger partial charge in [-0.15, -0.1) is 0 Å². The fraction of sp³-hybridized carbons (Fsp3) is 0.350. The summed E-state index contributed by atoms with van der Waals surface area (Å²) in [6, 6.07) is 8.08. The molecule has 0 atom stereocenters. The van der Waals surface area contributed by atoms with Crippen LogP contribution in [0.25, 0.3) is 0 Å². The molecule has 1 N–H and O–H groups in total. The lowest BCUT2D eigenvalue weighted by atomic mass is 9.97. The highest BCUT2D eigenvalue weighted by molar-refractivity contribution is 6.11. The predicted molar refractivity (Wildman–Crippen MR) is 97.9 cm³/mol. The zero-order valence-corrected chi connectivity index (χ0v) is 15.4. The molecule has 0 aliphatic rings. The van der Waals surface area contributed by atoms with Crippen molar-refractivity contribution in [3.05, 3.63) is 56.9 Å². The summed E-state index contributed by atoms with van der Waals surface area (Å²) < 4.78 is 6.61. The summed E-state index contributed by atoms with van der Waals surface area (Å²) in [5, 5.41) is 19.9. The van der Waals surface area contributed by atoms with Gasteiger partial charge in [0.05, 0.1) is 12.2 Å². The molecule has 6 heteroatoms. The number of ether oxygens (including phenoxy) is 1. The van der Waals surface area contributed by atoms with Crippen LogP contribution in [0.1, 0.15) is 60.3 Å². The molecular formula is C20H22N2O4. The van der Waals surface area contributed by atoms with Crippen LogP contribution in [-0.2, 0) is 0 Å². The molecule has 0 aliphatic carbocycles. The maximum atomic E-state index is 13.0. The van der Waals surface area contributed by atoms with E-state index in [1.165, 1.54) is 6.92 Å². The molecule has 0 spiro atoms. The van der Waals surface area contributed by atoms with Gasteiger partial charge in [-0.25, -0.2) is 0 Å². The van der Waals surface area contributed by atoms with Crippen LogP contribution in [-0.4, -0.2) is 22.1 Å². The summed E-state index contributed by atoms with van der Waals surface area (Å²) in [7, 11) is 0. The molecule has 0 bridgehead atoms. The number of hydrogen-bond donors (Lipinski definition) is 1. The van der Waals surface area contributed by atoms with E-state index in [1.54, 1.807) is 38.1 Å². The number of benzene rings is 1. The molecule has 0 aliphatic heterocycles. The third-order valence-electron chi connectivity index (χ3n) is 4.06. The number of pyridine rings is 1. The van der Waals surface area contributed by atoms with E-state index >= 15 is 0 Å². The molecule has 0 saturated carbocycles. The van der Waals surface area contributed by atoms with Crippen molar-refractivity contribution >= 4 is 5.78 Å². The first-order valence-corrected chi connectivity index (χ1v) is 8.49. The van der Waals surface area contributed by atoms with Crippen LogP contribution < -0.4 is 10.3 Å². The number of nitriles is 1. The minimum atomic E-state index is -0.603. The molecule has 0 fully saturated rings. The van der Waals surface area contributed by atoms with Gasteiger partial charge >= 0.3 is 0 Å². The van der Waals surface area contributed by atoms with Crippen molar-refractivity contribution in [3.8, 4) is 17.7 Å². The summed E-state index contributed by atoms with van der Waals surface area (Å²) in [6.07, 6.45) is 0.836. The van der Waals surface area contributed by atoms with E-state index in [-0.39, 0.29) is 16.7 Å². The highest BCUT2D eigenvalue weighted by Crippen LogP contribution is 2.28. The Labute approximate surface area is 152 Å². The van der Waals surface area contributed by atoms with Gasteiger partial charge in [-0.1, -0.05) is 19.1 Å². The molecule has 2 rings (SSSR count). The van der Waals surface area contributed by atoms with Crippen LogP contribution in [0.15, 0.2) is 29.1 Å². The van der Waals surface area contributed by atoms with E-state index < -0.39 is 23.3 Å². The van der Waals surface area contributed by atoms with E-state index in [2.05, 4.69) is 0 Å². The third-order valence-corrected chi connectivity index (χ3v) is 4.06. The number of ketones is 1.